The molecule has 0 atom stereocenters. The first-order valence-electron chi connectivity index (χ1n) is 6.84. The number of hydrogen-bond donors (Lipinski definition) is 1. The van der Waals surface area contributed by atoms with Gasteiger partial charge in [-0.1, -0.05) is 19.1 Å². The van der Waals surface area contributed by atoms with Crippen LogP contribution in [-0.2, 0) is 13.1 Å². The lowest BCUT2D eigenvalue weighted by Crippen LogP contribution is -2.11. The Morgan fingerprint density at radius 3 is 2.90 bits per heavy atom. The van der Waals surface area contributed by atoms with E-state index in [-0.39, 0.29) is 0 Å². The van der Waals surface area contributed by atoms with Crippen molar-refractivity contribution in [2.75, 3.05) is 6.54 Å². The number of hydrogen-bond acceptors (Lipinski definition) is 4. The summed E-state index contributed by atoms with van der Waals surface area (Å²) in [5.74, 6) is 1.24. The summed E-state index contributed by atoms with van der Waals surface area (Å²) >= 11 is 0. The summed E-state index contributed by atoms with van der Waals surface area (Å²) < 4.78 is 7.58. The van der Waals surface area contributed by atoms with Crippen LogP contribution in [0.1, 0.15) is 24.3 Å². The van der Waals surface area contributed by atoms with Gasteiger partial charge in [-0.05, 0) is 24.2 Å². The molecule has 1 aromatic carbocycles. The van der Waals surface area contributed by atoms with E-state index in [2.05, 4.69) is 57.5 Å². The molecule has 0 radical (unpaired) electrons. The van der Waals surface area contributed by atoms with E-state index in [9.17, 15) is 0 Å². The van der Waals surface area contributed by atoms with E-state index in [0.717, 1.165) is 13.1 Å². The van der Waals surface area contributed by atoms with Crippen molar-refractivity contribution in [3.05, 3.63) is 47.8 Å². The van der Waals surface area contributed by atoms with E-state index in [1.54, 1.807) is 6.92 Å². The number of fused-ring (bicyclic) bond motifs is 1. The normalized spacial score (nSPS) is 11.3. The van der Waals surface area contributed by atoms with Gasteiger partial charge >= 0.3 is 0 Å². The molecule has 0 spiro atoms. The Balaban J connectivity index is 1.92. The van der Waals surface area contributed by atoms with Crippen molar-refractivity contribution in [3.63, 3.8) is 0 Å². The molecular weight excluding hydrogens is 252 g/mol. The summed E-state index contributed by atoms with van der Waals surface area (Å²) in [4.78, 5) is 0. The highest BCUT2D eigenvalue weighted by Crippen LogP contribution is 2.21. The van der Waals surface area contributed by atoms with E-state index in [0.29, 0.717) is 18.3 Å². The zero-order valence-electron chi connectivity index (χ0n) is 11.8. The summed E-state index contributed by atoms with van der Waals surface area (Å²) in [7, 11) is 0. The highest BCUT2D eigenvalue weighted by atomic mass is 16.4. The van der Waals surface area contributed by atoms with Crippen LogP contribution in [0.3, 0.4) is 0 Å². The minimum absolute atomic E-state index is 0.601. The maximum atomic E-state index is 5.45. The standard InChI is InChI=1S/C15H18N4O/c1-3-16-9-12-5-4-6-14-13(12)7-8-19(14)10-15-18-17-11(2)20-15/h4-8,16H,3,9-10H2,1-2H3. The van der Waals surface area contributed by atoms with Crippen molar-refractivity contribution < 1.29 is 4.42 Å². The molecule has 2 heterocycles. The monoisotopic (exact) mass is 270 g/mol. The van der Waals surface area contributed by atoms with Crippen molar-refractivity contribution in [2.45, 2.75) is 26.9 Å². The van der Waals surface area contributed by atoms with Crippen molar-refractivity contribution >= 4 is 10.9 Å². The Hall–Kier alpha value is -2.14. The first-order chi connectivity index (χ1) is 9.78. The number of aryl methyl sites for hydroxylation is 1. The first kappa shape index (κ1) is 12.9. The van der Waals surface area contributed by atoms with Crippen LogP contribution in [0.5, 0.6) is 0 Å². The molecule has 0 aliphatic heterocycles. The Morgan fingerprint density at radius 2 is 2.15 bits per heavy atom. The second-order valence-electron chi connectivity index (χ2n) is 4.79. The van der Waals surface area contributed by atoms with Gasteiger partial charge in [0.15, 0.2) is 0 Å². The molecule has 0 saturated heterocycles. The largest absolute Gasteiger partial charge is 0.424 e. The maximum Gasteiger partial charge on any atom is 0.236 e. The lowest BCUT2D eigenvalue weighted by molar-refractivity contribution is 0.457. The van der Waals surface area contributed by atoms with Crippen LogP contribution in [0.25, 0.3) is 10.9 Å². The average Bonchev–Trinajstić information content (AvgIpc) is 3.04. The summed E-state index contributed by atoms with van der Waals surface area (Å²) in [6, 6.07) is 8.51. The van der Waals surface area contributed by atoms with Gasteiger partial charge in [0.05, 0.1) is 0 Å². The molecule has 5 nitrogen and oxygen atoms in total. The molecule has 5 heteroatoms. The molecule has 0 bridgehead atoms. The molecule has 3 rings (SSSR count). The molecule has 20 heavy (non-hydrogen) atoms. The van der Waals surface area contributed by atoms with Crippen LogP contribution in [0.2, 0.25) is 0 Å². The van der Waals surface area contributed by atoms with Crippen LogP contribution in [0, 0.1) is 6.92 Å². The van der Waals surface area contributed by atoms with E-state index in [1.165, 1.54) is 16.5 Å². The second kappa shape index (κ2) is 5.46. The smallest absolute Gasteiger partial charge is 0.236 e. The number of aromatic nitrogens is 3. The lowest BCUT2D eigenvalue weighted by Gasteiger charge is -2.06. The van der Waals surface area contributed by atoms with Gasteiger partial charge in [-0.25, -0.2) is 0 Å². The second-order valence-corrected chi connectivity index (χ2v) is 4.79. The highest BCUT2D eigenvalue weighted by Gasteiger charge is 2.08. The molecule has 104 valence electrons. The van der Waals surface area contributed by atoms with E-state index >= 15 is 0 Å². The van der Waals surface area contributed by atoms with Gasteiger partial charge in [0.25, 0.3) is 0 Å². The summed E-state index contributed by atoms with van der Waals surface area (Å²) in [6.45, 7) is 6.38. The number of nitrogens with zero attached hydrogens (tertiary/aromatic N) is 3. The van der Waals surface area contributed by atoms with Crippen LogP contribution in [0.15, 0.2) is 34.9 Å². The third kappa shape index (κ3) is 2.44. The molecule has 0 saturated carbocycles. The molecule has 0 fully saturated rings. The lowest BCUT2D eigenvalue weighted by atomic mass is 10.1. The molecule has 0 unspecified atom stereocenters. The molecule has 0 aliphatic rings. The Bertz CT molecular complexity index is 714. The predicted octanol–water partition coefficient (Wildman–Crippen LogP) is 2.49. The predicted molar refractivity (Wildman–Crippen MR) is 77.5 cm³/mol. The first-order valence-corrected chi connectivity index (χ1v) is 6.84. The minimum atomic E-state index is 0.601. The topological polar surface area (TPSA) is 55.9 Å². The molecule has 3 aromatic rings. The molecule has 0 aliphatic carbocycles. The average molecular weight is 270 g/mol. The van der Waals surface area contributed by atoms with Gasteiger partial charge in [0, 0.05) is 30.6 Å². The van der Waals surface area contributed by atoms with Crippen LogP contribution in [-0.4, -0.2) is 21.3 Å². The van der Waals surface area contributed by atoms with Crippen LogP contribution in [0.4, 0.5) is 0 Å². The Morgan fingerprint density at radius 1 is 1.25 bits per heavy atom. The number of benzene rings is 1. The summed E-state index contributed by atoms with van der Waals surface area (Å²) in [5, 5.41) is 12.6. The van der Waals surface area contributed by atoms with Crippen LogP contribution < -0.4 is 5.32 Å². The maximum absolute atomic E-state index is 5.45. The number of rotatable bonds is 5. The fourth-order valence-corrected chi connectivity index (χ4v) is 2.39. The SMILES string of the molecule is CCNCc1cccc2c1ccn2Cc1nnc(C)o1. The van der Waals surface area contributed by atoms with E-state index in [1.807, 2.05) is 0 Å². The van der Waals surface area contributed by atoms with Crippen molar-refractivity contribution in [1.29, 1.82) is 0 Å². The zero-order chi connectivity index (χ0) is 13.9. The third-order valence-corrected chi connectivity index (χ3v) is 3.34. The molecule has 0 amide bonds. The Kier molecular flexibility index (Phi) is 3.52. The summed E-state index contributed by atoms with van der Waals surface area (Å²) in [6.07, 6.45) is 2.07. The van der Waals surface area contributed by atoms with Gasteiger partial charge in [-0.2, -0.15) is 0 Å². The highest BCUT2D eigenvalue weighted by molar-refractivity contribution is 5.83. The molecule has 2 aromatic heterocycles. The Labute approximate surface area is 117 Å². The van der Waals surface area contributed by atoms with E-state index < -0.39 is 0 Å². The quantitative estimate of drug-likeness (QED) is 0.774. The van der Waals surface area contributed by atoms with Gasteiger partial charge in [-0.3, -0.25) is 0 Å². The molecular formula is C15H18N4O. The summed E-state index contributed by atoms with van der Waals surface area (Å²) in [5.41, 5.74) is 2.50. The van der Waals surface area contributed by atoms with Crippen molar-refractivity contribution in [2.24, 2.45) is 0 Å². The fourth-order valence-electron chi connectivity index (χ4n) is 2.39. The fraction of sp³-hybridized carbons (Fsp3) is 0.333. The van der Waals surface area contributed by atoms with Gasteiger partial charge < -0.3 is 14.3 Å². The zero-order valence-corrected chi connectivity index (χ0v) is 11.8. The van der Waals surface area contributed by atoms with E-state index in [4.69, 9.17) is 4.42 Å². The minimum Gasteiger partial charge on any atom is -0.424 e. The van der Waals surface area contributed by atoms with Gasteiger partial charge in [0.1, 0.15) is 6.54 Å². The number of nitrogens with one attached hydrogen (secondary N) is 1. The third-order valence-electron chi connectivity index (χ3n) is 3.34. The van der Waals surface area contributed by atoms with Gasteiger partial charge in [0.2, 0.25) is 11.8 Å². The van der Waals surface area contributed by atoms with Crippen molar-refractivity contribution in [1.82, 2.24) is 20.1 Å². The molecule has 1 N–H and O–H groups in total. The van der Waals surface area contributed by atoms with Crippen LogP contribution >= 0.6 is 0 Å². The van der Waals surface area contributed by atoms with Gasteiger partial charge in [-0.15, -0.1) is 10.2 Å². The van der Waals surface area contributed by atoms with Crippen molar-refractivity contribution in [3.8, 4) is 0 Å².